The van der Waals surface area contributed by atoms with Crippen LogP contribution in [0.1, 0.15) is 101 Å². The molecule has 4 aromatic carbocycles. The number of fused-ring (bicyclic) bond motifs is 2. The van der Waals surface area contributed by atoms with Gasteiger partial charge in [-0.3, -0.25) is 14.5 Å². The molecule has 0 radical (unpaired) electrons. The van der Waals surface area contributed by atoms with E-state index in [4.69, 9.17) is 4.74 Å². The van der Waals surface area contributed by atoms with Gasteiger partial charge in [-0.25, -0.2) is 0 Å². The Labute approximate surface area is 313 Å². The summed E-state index contributed by atoms with van der Waals surface area (Å²) in [6.07, 6.45) is 9.19. The smallest absolute Gasteiger partial charge is 0.255 e. The van der Waals surface area contributed by atoms with Gasteiger partial charge in [0, 0.05) is 36.8 Å². The predicted octanol–water partition coefficient (Wildman–Crippen LogP) is 8.12. The molecule has 1 aliphatic carbocycles. The van der Waals surface area contributed by atoms with Gasteiger partial charge in [0.2, 0.25) is 5.91 Å². The van der Waals surface area contributed by atoms with Gasteiger partial charge >= 0.3 is 0 Å². The number of ether oxygens (including phenoxy) is 1. The van der Waals surface area contributed by atoms with Crippen LogP contribution in [0.3, 0.4) is 0 Å². The van der Waals surface area contributed by atoms with E-state index in [1.807, 2.05) is 18.2 Å². The van der Waals surface area contributed by atoms with Gasteiger partial charge in [0.05, 0.1) is 0 Å². The van der Waals surface area contributed by atoms with Crippen LogP contribution < -0.4 is 10.1 Å². The van der Waals surface area contributed by atoms with Crippen molar-refractivity contribution in [3.8, 4) is 11.5 Å². The van der Waals surface area contributed by atoms with Crippen molar-refractivity contribution in [3.63, 3.8) is 0 Å². The third-order valence-electron chi connectivity index (χ3n) is 12.1. The largest absolute Gasteiger partial charge is 0.508 e. The second-order valence-electron chi connectivity index (χ2n) is 15.6. The van der Waals surface area contributed by atoms with Gasteiger partial charge in [-0.15, -0.1) is 0 Å². The first-order valence-corrected chi connectivity index (χ1v) is 19.6. The lowest BCUT2D eigenvalue weighted by atomic mass is 9.69. The number of nitrogens with one attached hydrogen (secondary N) is 1. The minimum Gasteiger partial charge on any atom is -0.508 e. The van der Waals surface area contributed by atoms with Crippen LogP contribution in [-0.2, 0) is 24.2 Å². The Morgan fingerprint density at radius 2 is 1.72 bits per heavy atom. The monoisotopic (exact) mass is 709 g/mol. The number of likely N-dealkylation sites (tertiary alicyclic amines) is 1. The Morgan fingerprint density at radius 1 is 0.868 bits per heavy atom. The topological polar surface area (TPSA) is 82.1 Å². The number of nitrogens with zero attached hydrogens (tertiary/aromatic N) is 2. The van der Waals surface area contributed by atoms with E-state index < -0.39 is 6.04 Å². The molecular weight excluding hydrogens is 659 g/mol. The number of aromatic hydroxyl groups is 1. The van der Waals surface area contributed by atoms with Crippen molar-refractivity contribution in [2.75, 3.05) is 26.2 Å². The van der Waals surface area contributed by atoms with Crippen LogP contribution in [0.25, 0.3) is 0 Å². The van der Waals surface area contributed by atoms with E-state index in [2.05, 4.69) is 89.6 Å². The zero-order chi connectivity index (χ0) is 36.3. The molecule has 7 heteroatoms. The second-order valence-corrected chi connectivity index (χ2v) is 15.6. The summed E-state index contributed by atoms with van der Waals surface area (Å²) in [7, 11) is 0. The molecule has 3 heterocycles. The molecule has 7 nitrogen and oxygen atoms in total. The average molecular weight is 710 g/mol. The number of amides is 2. The summed E-state index contributed by atoms with van der Waals surface area (Å²) >= 11 is 0. The number of allylic oxidation sites excluding steroid dienone is 1. The molecule has 4 atom stereocenters. The first-order valence-electron chi connectivity index (χ1n) is 19.6. The van der Waals surface area contributed by atoms with Crippen molar-refractivity contribution in [3.05, 3.63) is 142 Å². The van der Waals surface area contributed by atoms with Gasteiger partial charge in [-0.1, -0.05) is 67.2 Å². The van der Waals surface area contributed by atoms with Crippen molar-refractivity contribution < 1.29 is 19.4 Å². The normalized spacial score (nSPS) is 23.0. The van der Waals surface area contributed by atoms with E-state index in [0.717, 1.165) is 67.9 Å². The summed E-state index contributed by atoms with van der Waals surface area (Å²) in [4.78, 5) is 30.0. The highest BCUT2D eigenvalue weighted by Crippen LogP contribution is 2.47. The Morgan fingerprint density at radius 3 is 2.55 bits per heavy atom. The highest BCUT2D eigenvalue weighted by molar-refractivity contribution is 6.01. The summed E-state index contributed by atoms with van der Waals surface area (Å²) < 4.78 is 6.29. The number of benzene rings is 4. The lowest BCUT2D eigenvalue weighted by molar-refractivity contribution is -0.126. The fourth-order valence-electron chi connectivity index (χ4n) is 9.39. The fourth-order valence-corrected chi connectivity index (χ4v) is 9.39. The van der Waals surface area contributed by atoms with E-state index in [9.17, 15) is 14.7 Å². The van der Waals surface area contributed by atoms with Crippen LogP contribution in [-0.4, -0.2) is 59.0 Å². The summed E-state index contributed by atoms with van der Waals surface area (Å²) in [5.74, 6) is 2.40. The van der Waals surface area contributed by atoms with Crippen molar-refractivity contribution >= 4 is 11.8 Å². The number of carbonyl (C=O) groups excluding carboxylic acids is 2. The average Bonchev–Trinajstić information content (AvgIpc) is 3.50. The zero-order valence-corrected chi connectivity index (χ0v) is 30.6. The van der Waals surface area contributed by atoms with Gasteiger partial charge in [0.15, 0.2) is 0 Å². The highest BCUT2D eigenvalue weighted by Gasteiger charge is 2.38. The number of aryl methyl sites for hydroxylation is 2. The SMILES string of the molecule is C=C1CC[C@H](N2Cc3cc(CCC[C@H]4CCCN(CCOc5ccc([C@@H]6c7ccc(O)cc7CC[C@@H]6c6ccccc6)cc5)C4)ccc3C2=O)C(=O)N1. The number of hydrogen-bond acceptors (Lipinski definition) is 5. The fraction of sp³-hybridized carbons (Fsp3) is 0.391. The molecule has 2 N–H and O–H groups in total. The summed E-state index contributed by atoms with van der Waals surface area (Å²) in [5, 5.41) is 13.0. The molecule has 0 spiro atoms. The van der Waals surface area contributed by atoms with Crippen molar-refractivity contribution in [1.82, 2.24) is 15.1 Å². The third kappa shape index (κ3) is 7.77. The van der Waals surface area contributed by atoms with E-state index in [1.165, 1.54) is 47.1 Å². The lowest BCUT2D eigenvalue weighted by Crippen LogP contribution is -2.49. The number of rotatable bonds is 11. The van der Waals surface area contributed by atoms with Gasteiger partial charge in [-0.2, -0.15) is 0 Å². The molecule has 274 valence electrons. The van der Waals surface area contributed by atoms with E-state index in [-0.39, 0.29) is 17.7 Å². The first-order chi connectivity index (χ1) is 25.9. The van der Waals surface area contributed by atoms with Crippen LogP contribution in [0, 0.1) is 5.92 Å². The maximum absolute atomic E-state index is 13.1. The van der Waals surface area contributed by atoms with Gasteiger partial charge in [0.25, 0.3) is 5.91 Å². The zero-order valence-electron chi connectivity index (χ0n) is 30.6. The quantitative estimate of drug-likeness (QED) is 0.165. The summed E-state index contributed by atoms with van der Waals surface area (Å²) in [6.45, 7) is 8.21. The molecule has 2 amide bonds. The lowest BCUT2D eigenvalue weighted by Gasteiger charge is -2.35. The number of hydrogen-bond donors (Lipinski definition) is 2. The van der Waals surface area contributed by atoms with Gasteiger partial charge in [-0.05, 0) is 140 Å². The molecule has 2 saturated heterocycles. The van der Waals surface area contributed by atoms with Crippen LogP contribution >= 0.6 is 0 Å². The molecule has 0 unspecified atom stereocenters. The van der Waals surface area contributed by atoms with Crippen LogP contribution in [0.2, 0.25) is 0 Å². The van der Waals surface area contributed by atoms with Gasteiger partial charge in [0.1, 0.15) is 24.1 Å². The Hall–Kier alpha value is -4.88. The Kier molecular flexibility index (Phi) is 10.4. The minimum absolute atomic E-state index is 0.0346. The highest BCUT2D eigenvalue weighted by atomic mass is 16.5. The molecule has 2 fully saturated rings. The van der Waals surface area contributed by atoms with E-state index >= 15 is 0 Å². The summed E-state index contributed by atoms with van der Waals surface area (Å²) in [5.41, 5.74) is 8.99. The molecular formula is C46H51N3O4. The molecule has 0 aromatic heterocycles. The molecule has 4 aliphatic rings. The number of carbonyl (C=O) groups is 2. The van der Waals surface area contributed by atoms with Crippen LogP contribution in [0.5, 0.6) is 11.5 Å². The Bertz CT molecular complexity index is 1960. The van der Waals surface area contributed by atoms with Crippen LogP contribution in [0.15, 0.2) is 103 Å². The first kappa shape index (κ1) is 35.2. The molecule has 4 aromatic rings. The second kappa shape index (κ2) is 15.6. The van der Waals surface area contributed by atoms with Crippen molar-refractivity contribution in [1.29, 1.82) is 0 Å². The number of phenolic OH excluding ortho intramolecular Hbond substituents is 1. The maximum atomic E-state index is 13.1. The summed E-state index contributed by atoms with van der Waals surface area (Å²) in [6, 6.07) is 31.3. The van der Waals surface area contributed by atoms with Crippen molar-refractivity contribution in [2.24, 2.45) is 5.92 Å². The molecule has 3 aliphatic heterocycles. The molecule has 0 saturated carbocycles. The standard InChI is InChI=1S/C46H51N3O4/c1-31-12-23-43(45(51)47-31)49-30-37-27-32(13-20-42(37)46(49)52)7-5-8-33-9-6-24-48(29-33)25-26-53-39-18-14-35(15-19-39)44-40(34-10-3-2-4-11-34)21-16-36-28-38(50)17-22-41(36)44/h2-4,10-11,13-15,17-20,22,27-28,33,40,43-44,50H,1,5-9,12,16,21,23-26,29-30H2,(H,47,51)/t33-,40+,43-,44-/m0/s1. The van der Waals surface area contributed by atoms with Crippen LogP contribution in [0.4, 0.5) is 0 Å². The van der Waals surface area contributed by atoms with E-state index in [0.29, 0.717) is 43.6 Å². The molecule has 8 rings (SSSR count). The van der Waals surface area contributed by atoms with Crippen molar-refractivity contribution in [2.45, 2.75) is 82.2 Å². The minimum atomic E-state index is -0.417. The molecule has 53 heavy (non-hydrogen) atoms. The number of piperidine rings is 2. The third-order valence-corrected chi connectivity index (χ3v) is 12.1. The predicted molar refractivity (Wildman–Crippen MR) is 208 cm³/mol. The maximum Gasteiger partial charge on any atom is 0.255 e. The Balaban J connectivity index is 0.811. The molecule has 0 bridgehead atoms. The van der Waals surface area contributed by atoms with Gasteiger partial charge < -0.3 is 20.1 Å². The van der Waals surface area contributed by atoms with E-state index in [1.54, 1.807) is 4.90 Å². The number of phenols is 1.